The van der Waals surface area contributed by atoms with Crippen molar-refractivity contribution in [1.29, 1.82) is 0 Å². The molecule has 0 unspecified atom stereocenters. The Morgan fingerprint density at radius 1 is 1.06 bits per heavy atom. The third-order valence-corrected chi connectivity index (χ3v) is 3.74. The van der Waals surface area contributed by atoms with Crippen LogP contribution in [0, 0.1) is 0 Å². The highest BCUT2D eigenvalue weighted by Crippen LogP contribution is 2.30. The van der Waals surface area contributed by atoms with E-state index in [1.165, 1.54) is 4.70 Å². The maximum absolute atomic E-state index is 9.13. The SMILES string of the molecule is OCc1cccc(-c2nc3ccccc3s2)c1. The first kappa shape index (κ1) is 10.4. The number of hydrogen-bond donors (Lipinski definition) is 1. The molecule has 0 saturated heterocycles. The lowest BCUT2D eigenvalue weighted by Gasteiger charge is -1.98. The lowest BCUT2D eigenvalue weighted by atomic mass is 10.1. The quantitative estimate of drug-likeness (QED) is 0.745. The molecule has 0 radical (unpaired) electrons. The Bertz CT molecular complexity index is 627. The minimum Gasteiger partial charge on any atom is -0.392 e. The van der Waals surface area contributed by atoms with Crippen LogP contribution in [0.3, 0.4) is 0 Å². The largest absolute Gasteiger partial charge is 0.392 e. The van der Waals surface area contributed by atoms with Crippen molar-refractivity contribution in [1.82, 2.24) is 4.98 Å². The molecule has 2 aromatic carbocycles. The normalized spacial score (nSPS) is 10.9. The molecule has 0 aliphatic rings. The van der Waals surface area contributed by atoms with Gasteiger partial charge in [0.2, 0.25) is 0 Å². The molecular formula is C14H11NOS. The van der Waals surface area contributed by atoms with Gasteiger partial charge in [0.05, 0.1) is 16.8 Å². The van der Waals surface area contributed by atoms with Gasteiger partial charge in [-0.25, -0.2) is 4.98 Å². The number of fused-ring (bicyclic) bond motifs is 1. The topological polar surface area (TPSA) is 33.1 Å². The Morgan fingerprint density at radius 3 is 2.76 bits per heavy atom. The van der Waals surface area contributed by atoms with Gasteiger partial charge in [-0.2, -0.15) is 0 Å². The van der Waals surface area contributed by atoms with Crippen molar-refractivity contribution < 1.29 is 5.11 Å². The Labute approximate surface area is 103 Å². The minimum atomic E-state index is 0.0682. The first-order valence-electron chi connectivity index (χ1n) is 5.42. The molecule has 3 rings (SSSR count). The van der Waals surface area contributed by atoms with E-state index in [0.717, 1.165) is 21.7 Å². The summed E-state index contributed by atoms with van der Waals surface area (Å²) in [6, 6.07) is 16.0. The average molecular weight is 241 g/mol. The average Bonchev–Trinajstić information content (AvgIpc) is 2.82. The van der Waals surface area contributed by atoms with Crippen LogP contribution < -0.4 is 0 Å². The second-order valence-corrected chi connectivity index (χ2v) is 4.88. The zero-order valence-electron chi connectivity index (χ0n) is 9.13. The highest BCUT2D eigenvalue weighted by atomic mass is 32.1. The van der Waals surface area contributed by atoms with E-state index in [4.69, 9.17) is 5.11 Å². The van der Waals surface area contributed by atoms with Crippen LogP contribution in [-0.2, 0) is 6.61 Å². The van der Waals surface area contributed by atoms with E-state index >= 15 is 0 Å². The number of hydrogen-bond acceptors (Lipinski definition) is 3. The van der Waals surface area contributed by atoms with E-state index in [1.54, 1.807) is 11.3 Å². The molecule has 0 saturated carbocycles. The fourth-order valence-electron chi connectivity index (χ4n) is 1.80. The van der Waals surface area contributed by atoms with Crippen molar-refractivity contribution in [2.45, 2.75) is 6.61 Å². The van der Waals surface area contributed by atoms with E-state index < -0.39 is 0 Å². The van der Waals surface area contributed by atoms with Gasteiger partial charge in [-0.3, -0.25) is 0 Å². The summed E-state index contributed by atoms with van der Waals surface area (Å²) in [5.41, 5.74) is 3.02. The van der Waals surface area contributed by atoms with Crippen LogP contribution >= 0.6 is 11.3 Å². The number of aliphatic hydroxyl groups is 1. The van der Waals surface area contributed by atoms with E-state index in [2.05, 4.69) is 11.1 Å². The number of nitrogens with zero attached hydrogens (tertiary/aromatic N) is 1. The summed E-state index contributed by atoms with van der Waals surface area (Å²) in [5, 5.41) is 10.1. The molecule has 0 bridgehead atoms. The van der Waals surface area contributed by atoms with Gasteiger partial charge in [-0.15, -0.1) is 11.3 Å². The summed E-state index contributed by atoms with van der Waals surface area (Å²) in [6.45, 7) is 0.0682. The van der Waals surface area contributed by atoms with Crippen LogP contribution in [0.2, 0.25) is 0 Å². The summed E-state index contributed by atoms with van der Waals surface area (Å²) in [6.07, 6.45) is 0. The van der Waals surface area contributed by atoms with Gasteiger partial charge in [-0.1, -0.05) is 30.3 Å². The molecule has 2 nitrogen and oxygen atoms in total. The smallest absolute Gasteiger partial charge is 0.124 e. The second-order valence-electron chi connectivity index (χ2n) is 3.85. The number of aliphatic hydroxyl groups excluding tert-OH is 1. The Hall–Kier alpha value is -1.71. The Kier molecular flexibility index (Phi) is 2.63. The van der Waals surface area contributed by atoms with Crippen molar-refractivity contribution in [2.75, 3.05) is 0 Å². The number of rotatable bonds is 2. The van der Waals surface area contributed by atoms with Gasteiger partial charge in [0.1, 0.15) is 5.01 Å². The van der Waals surface area contributed by atoms with E-state index in [-0.39, 0.29) is 6.61 Å². The van der Waals surface area contributed by atoms with Crippen LogP contribution in [-0.4, -0.2) is 10.1 Å². The highest BCUT2D eigenvalue weighted by Gasteiger charge is 2.05. The molecule has 0 atom stereocenters. The molecule has 0 aliphatic heterocycles. The van der Waals surface area contributed by atoms with Gasteiger partial charge in [0.25, 0.3) is 0 Å². The highest BCUT2D eigenvalue weighted by molar-refractivity contribution is 7.21. The van der Waals surface area contributed by atoms with Gasteiger partial charge >= 0.3 is 0 Å². The molecular weight excluding hydrogens is 230 g/mol. The standard InChI is InChI=1S/C14H11NOS/c16-9-10-4-3-5-11(8-10)14-15-12-6-1-2-7-13(12)17-14/h1-8,16H,9H2. The molecule has 84 valence electrons. The van der Waals surface area contributed by atoms with Gasteiger partial charge < -0.3 is 5.11 Å². The van der Waals surface area contributed by atoms with Gasteiger partial charge in [0.15, 0.2) is 0 Å². The number of aromatic nitrogens is 1. The Morgan fingerprint density at radius 2 is 1.94 bits per heavy atom. The van der Waals surface area contributed by atoms with Crippen LogP contribution in [0.15, 0.2) is 48.5 Å². The van der Waals surface area contributed by atoms with Crippen molar-refractivity contribution in [3.05, 3.63) is 54.1 Å². The summed E-state index contributed by atoms with van der Waals surface area (Å²) in [7, 11) is 0. The first-order valence-corrected chi connectivity index (χ1v) is 6.24. The summed E-state index contributed by atoms with van der Waals surface area (Å²) >= 11 is 1.68. The first-order chi connectivity index (χ1) is 8.36. The van der Waals surface area contributed by atoms with Crippen molar-refractivity contribution >= 4 is 21.6 Å². The molecule has 3 aromatic rings. The monoisotopic (exact) mass is 241 g/mol. The van der Waals surface area contributed by atoms with Crippen molar-refractivity contribution in [3.8, 4) is 10.6 Å². The van der Waals surface area contributed by atoms with E-state index in [1.807, 2.05) is 42.5 Å². The summed E-state index contributed by atoms with van der Waals surface area (Å²) < 4.78 is 1.19. The van der Waals surface area contributed by atoms with Crippen molar-refractivity contribution in [3.63, 3.8) is 0 Å². The molecule has 0 amide bonds. The fraction of sp³-hybridized carbons (Fsp3) is 0.0714. The Balaban J connectivity index is 2.13. The summed E-state index contributed by atoms with van der Waals surface area (Å²) in [5.74, 6) is 0. The third-order valence-electron chi connectivity index (χ3n) is 2.65. The number of para-hydroxylation sites is 1. The lowest BCUT2D eigenvalue weighted by molar-refractivity contribution is 0.282. The molecule has 0 fully saturated rings. The van der Waals surface area contributed by atoms with E-state index in [0.29, 0.717) is 0 Å². The lowest BCUT2D eigenvalue weighted by Crippen LogP contribution is -1.83. The van der Waals surface area contributed by atoms with Gasteiger partial charge in [0, 0.05) is 5.56 Å². The van der Waals surface area contributed by atoms with Crippen LogP contribution in [0.1, 0.15) is 5.56 Å². The molecule has 1 aromatic heterocycles. The molecule has 1 N–H and O–H groups in total. The molecule has 17 heavy (non-hydrogen) atoms. The van der Waals surface area contributed by atoms with Crippen LogP contribution in [0.5, 0.6) is 0 Å². The summed E-state index contributed by atoms with van der Waals surface area (Å²) in [4.78, 5) is 4.60. The molecule has 3 heteroatoms. The molecule has 0 aliphatic carbocycles. The molecule has 0 spiro atoms. The maximum atomic E-state index is 9.13. The third kappa shape index (κ3) is 1.95. The maximum Gasteiger partial charge on any atom is 0.124 e. The van der Waals surface area contributed by atoms with E-state index in [9.17, 15) is 0 Å². The van der Waals surface area contributed by atoms with Crippen molar-refractivity contribution in [2.24, 2.45) is 0 Å². The van der Waals surface area contributed by atoms with Gasteiger partial charge in [-0.05, 0) is 23.8 Å². The zero-order chi connectivity index (χ0) is 11.7. The van der Waals surface area contributed by atoms with Crippen LogP contribution in [0.25, 0.3) is 20.8 Å². The zero-order valence-corrected chi connectivity index (χ0v) is 9.95. The second kappa shape index (κ2) is 4.28. The number of thiazole rings is 1. The number of benzene rings is 2. The minimum absolute atomic E-state index is 0.0682. The predicted molar refractivity (Wildman–Crippen MR) is 71.0 cm³/mol. The predicted octanol–water partition coefficient (Wildman–Crippen LogP) is 3.46. The molecule has 1 heterocycles. The van der Waals surface area contributed by atoms with Crippen LogP contribution in [0.4, 0.5) is 0 Å². The fourth-order valence-corrected chi connectivity index (χ4v) is 2.76.